The molecule has 0 aliphatic heterocycles. The summed E-state index contributed by atoms with van der Waals surface area (Å²) in [6.07, 6.45) is 8.86. The summed E-state index contributed by atoms with van der Waals surface area (Å²) < 4.78 is 0. The molecule has 46 valence electrons. The van der Waals surface area contributed by atoms with Crippen molar-refractivity contribution in [2.75, 3.05) is 0 Å². The van der Waals surface area contributed by atoms with Crippen LogP contribution in [0.5, 0.6) is 0 Å². The third-order valence-corrected chi connectivity index (χ3v) is 1.99. The van der Waals surface area contributed by atoms with Crippen LogP contribution in [0.15, 0.2) is 24.3 Å². The number of hydrogen-bond donors (Lipinski definition) is 0. The van der Waals surface area contributed by atoms with E-state index in [-0.39, 0.29) is 11.7 Å². The Hall–Kier alpha value is -0.850. The predicted molar refractivity (Wildman–Crippen MR) is 34.9 cm³/mol. The van der Waals surface area contributed by atoms with Crippen LogP contribution in [-0.2, 0) is 4.79 Å². The Morgan fingerprint density at radius 2 is 2.22 bits per heavy atom. The van der Waals surface area contributed by atoms with Crippen molar-refractivity contribution in [1.29, 1.82) is 0 Å². The van der Waals surface area contributed by atoms with Crippen LogP contribution in [0.1, 0.15) is 6.42 Å². The molecule has 2 rings (SSSR count). The normalized spacial score (nSPS) is 38.0. The number of ketones is 1. The molecule has 2 atom stereocenters. The van der Waals surface area contributed by atoms with Crippen molar-refractivity contribution in [3.8, 4) is 0 Å². The van der Waals surface area contributed by atoms with E-state index in [0.717, 1.165) is 6.42 Å². The second-order valence-electron chi connectivity index (χ2n) is 2.65. The van der Waals surface area contributed by atoms with Gasteiger partial charge in [-0.25, -0.2) is 0 Å². The molecule has 0 aromatic heterocycles. The van der Waals surface area contributed by atoms with Crippen LogP contribution >= 0.6 is 0 Å². The van der Waals surface area contributed by atoms with Crippen molar-refractivity contribution in [3.05, 3.63) is 24.3 Å². The summed E-state index contributed by atoms with van der Waals surface area (Å²) in [5.41, 5.74) is 0. The topological polar surface area (TPSA) is 17.1 Å². The van der Waals surface area contributed by atoms with Crippen molar-refractivity contribution in [3.63, 3.8) is 0 Å². The standard InChI is InChI=1S/C8H8O/c9-8-4-2-6-1-3-7(8)5-6/h1-4,6-7H,5H2. The molecular formula is C8H8O. The fourth-order valence-electron chi connectivity index (χ4n) is 1.42. The van der Waals surface area contributed by atoms with Gasteiger partial charge in [0.05, 0.1) is 0 Å². The lowest BCUT2D eigenvalue weighted by Gasteiger charge is -2.09. The molecule has 2 aliphatic carbocycles. The van der Waals surface area contributed by atoms with E-state index in [9.17, 15) is 4.79 Å². The van der Waals surface area contributed by atoms with Gasteiger partial charge in [0.1, 0.15) is 0 Å². The van der Waals surface area contributed by atoms with Crippen LogP contribution < -0.4 is 0 Å². The van der Waals surface area contributed by atoms with Gasteiger partial charge in [0, 0.05) is 5.92 Å². The summed E-state index contributed by atoms with van der Waals surface area (Å²) in [7, 11) is 0. The van der Waals surface area contributed by atoms with Crippen LogP contribution in [0.2, 0.25) is 0 Å². The number of carbonyl (C=O) groups excluding carboxylic acids is 1. The first-order chi connectivity index (χ1) is 4.36. The fraction of sp³-hybridized carbons (Fsp3) is 0.375. The molecule has 0 aromatic carbocycles. The summed E-state index contributed by atoms with van der Waals surface area (Å²) in [6, 6.07) is 0. The molecule has 2 unspecified atom stereocenters. The Morgan fingerprint density at radius 1 is 1.33 bits per heavy atom. The van der Waals surface area contributed by atoms with Gasteiger partial charge in [0.25, 0.3) is 0 Å². The summed E-state index contributed by atoms with van der Waals surface area (Å²) >= 11 is 0. The minimum absolute atomic E-state index is 0.222. The van der Waals surface area contributed by atoms with Gasteiger partial charge < -0.3 is 0 Å². The molecule has 0 spiro atoms. The number of rotatable bonds is 0. The maximum atomic E-state index is 10.9. The summed E-state index contributed by atoms with van der Waals surface area (Å²) in [5.74, 6) is 1.06. The van der Waals surface area contributed by atoms with E-state index in [0.29, 0.717) is 5.92 Å². The van der Waals surface area contributed by atoms with Crippen molar-refractivity contribution in [1.82, 2.24) is 0 Å². The van der Waals surface area contributed by atoms with Gasteiger partial charge in [-0.15, -0.1) is 0 Å². The van der Waals surface area contributed by atoms with E-state index in [1.165, 1.54) is 0 Å². The molecule has 0 heterocycles. The Kier molecular flexibility index (Phi) is 0.865. The molecule has 0 aromatic rings. The molecule has 1 nitrogen and oxygen atoms in total. The summed E-state index contributed by atoms with van der Waals surface area (Å²) in [4.78, 5) is 10.9. The van der Waals surface area contributed by atoms with Crippen LogP contribution in [0, 0.1) is 11.8 Å². The molecule has 0 N–H and O–H groups in total. The van der Waals surface area contributed by atoms with Gasteiger partial charge in [-0.2, -0.15) is 0 Å². The van der Waals surface area contributed by atoms with Crippen LogP contribution in [0.25, 0.3) is 0 Å². The molecular weight excluding hydrogens is 112 g/mol. The Balaban J connectivity index is 2.39. The van der Waals surface area contributed by atoms with Crippen LogP contribution in [-0.4, -0.2) is 5.78 Å². The highest BCUT2D eigenvalue weighted by molar-refractivity contribution is 5.94. The van der Waals surface area contributed by atoms with Gasteiger partial charge in [0.15, 0.2) is 5.78 Å². The minimum Gasteiger partial charge on any atom is -0.294 e. The van der Waals surface area contributed by atoms with Crippen molar-refractivity contribution < 1.29 is 4.79 Å². The lowest BCUT2D eigenvalue weighted by molar-refractivity contribution is -0.117. The predicted octanol–water partition coefficient (Wildman–Crippen LogP) is 1.32. The Bertz CT molecular complexity index is 201. The molecule has 1 heteroatoms. The molecule has 0 amide bonds. The number of fused-ring (bicyclic) bond motifs is 2. The second kappa shape index (κ2) is 1.56. The molecule has 0 saturated carbocycles. The number of hydrogen-bond acceptors (Lipinski definition) is 1. The fourth-order valence-corrected chi connectivity index (χ4v) is 1.42. The van der Waals surface area contributed by atoms with Gasteiger partial charge in [-0.1, -0.05) is 18.2 Å². The smallest absolute Gasteiger partial charge is 0.162 e. The van der Waals surface area contributed by atoms with Crippen LogP contribution in [0.4, 0.5) is 0 Å². The molecule has 0 radical (unpaired) electrons. The van der Waals surface area contributed by atoms with Gasteiger partial charge in [0.2, 0.25) is 0 Å². The summed E-state index contributed by atoms with van der Waals surface area (Å²) in [5, 5.41) is 0. The van der Waals surface area contributed by atoms with Crippen LogP contribution in [0.3, 0.4) is 0 Å². The van der Waals surface area contributed by atoms with Crippen molar-refractivity contribution in [2.24, 2.45) is 11.8 Å². The quantitative estimate of drug-likeness (QED) is 0.440. The van der Waals surface area contributed by atoms with Gasteiger partial charge >= 0.3 is 0 Å². The first-order valence-corrected chi connectivity index (χ1v) is 3.26. The third-order valence-electron chi connectivity index (χ3n) is 1.99. The average molecular weight is 120 g/mol. The lowest BCUT2D eigenvalue weighted by atomic mass is 9.93. The molecule has 2 bridgehead atoms. The number of carbonyl (C=O) groups is 1. The zero-order valence-corrected chi connectivity index (χ0v) is 5.08. The molecule has 2 aliphatic rings. The SMILES string of the molecule is O=C1C=CC2C=CC1C2. The maximum absolute atomic E-state index is 10.9. The zero-order chi connectivity index (χ0) is 6.27. The molecule has 9 heavy (non-hydrogen) atoms. The van der Waals surface area contributed by atoms with Gasteiger partial charge in [-0.05, 0) is 18.4 Å². The highest BCUT2D eigenvalue weighted by atomic mass is 16.1. The van der Waals surface area contributed by atoms with Gasteiger partial charge in [-0.3, -0.25) is 4.79 Å². The molecule has 0 saturated heterocycles. The second-order valence-corrected chi connectivity index (χ2v) is 2.65. The maximum Gasteiger partial charge on any atom is 0.162 e. The zero-order valence-electron chi connectivity index (χ0n) is 5.08. The van der Waals surface area contributed by atoms with Crippen molar-refractivity contribution >= 4 is 5.78 Å². The number of allylic oxidation sites excluding steroid dienone is 4. The van der Waals surface area contributed by atoms with E-state index >= 15 is 0 Å². The minimum atomic E-state index is 0.222. The highest BCUT2D eigenvalue weighted by Gasteiger charge is 2.25. The van der Waals surface area contributed by atoms with Crippen molar-refractivity contribution in [2.45, 2.75) is 6.42 Å². The molecule has 0 fully saturated rings. The lowest BCUT2D eigenvalue weighted by Crippen LogP contribution is -2.11. The largest absolute Gasteiger partial charge is 0.294 e. The first kappa shape index (κ1) is 4.98. The summed E-state index contributed by atoms with van der Waals surface area (Å²) in [6.45, 7) is 0. The Morgan fingerprint density at radius 3 is 3.00 bits per heavy atom. The van der Waals surface area contributed by atoms with E-state index in [1.54, 1.807) is 6.08 Å². The third kappa shape index (κ3) is 0.645. The highest BCUT2D eigenvalue weighted by Crippen LogP contribution is 2.29. The van der Waals surface area contributed by atoms with E-state index in [4.69, 9.17) is 0 Å². The monoisotopic (exact) mass is 120 g/mol. The van der Waals surface area contributed by atoms with E-state index in [2.05, 4.69) is 6.08 Å². The van der Waals surface area contributed by atoms with E-state index in [1.807, 2.05) is 12.2 Å². The first-order valence-electron chi connectivity index (χ1n) is 3.26. The Labute approximate surface area is 54.1 Å². The average Bonchev–Trinajstić information content (AvgIpc) is 2.25. The van der Waals surface area contributed by atoms with E-state index < -0.39 is 0 Å².